The molecule has 0 spiro atoms. The van der Waals surface area contributed by atoms with Gasteiger partial charge in [0, 0.05) is 18.0 Å². The van der Waals surface area contributed by atoms with Crippen LogP contribution in [-0.4, -0.2) is 19.7 Å². The molecule has 0 radical (unpaired) electrons. The SMILES string of the molecule is CNC1CCOC(C)(c2cc3ccccc3o2)C1. The third-order valence-electron chi connectivity index (χ3n) is 3.88. The van der Waals surface area contributed by atoms with Crippen molar-refractivity contribution >= 4 is 11.0 Å². The van der Waals surface area contributed by atoms with Gasteiger partial charge < -0.3 is 14.5 Å². The van der Waals surface area contributed by atoms with Crippen molar-refractivity contribution in [2.45, 2.75) is 31.4 Å². The third-order valence-corrected chi connectivity index (χ3v) is 3.88. The van der Waals surface area contributed by atoms with E-state index in [9.17, 15) is 0 Å². The van der Waals surface area contributed by atoms with Crippen LogP contribution >= 0.6 is 0 Å². The predicted molar refractivity (Wildman–Crippen MR) is 71.6 cm³/mol. The van der Waals surface area contributed by atoms with Gasteiger partial charge in [0.15, 0.2) is 0 Å². The Kier molecular flexibility index (Phi) is 2.88. The molecule has 1 saturated heterocycles. The number of furan rings is 1. The summed E-state index contributed by atoms with van der Waals surface area (Å²) in [6.07, 6.45) is 2.01. The fraction of sp³-hybridized carbons (Fsp3) is 0.467. The van der Waals surface area contributed by atoms with Crippen molar-refractivity contribution in [2.24, 2.45) is 0 Å². The molecule has 0 amide bonds. The molecule has 1 aromatic heterocycles. The summed E-state index contributed by atoms with van der Waals surface area (Å²) in [7, 11) is 2.01. The number of nitrogens with one attached hydrogen (secondary N) is 1. The molecule has 0 aliphatic carbocycles. The second-order valence-corrected chi connectivity index (χ2v) is 5.21. The summed E-state index contributed by atoms with van der Waals surface area (Å²) in [6, 6.07) is 10.7. The average molecular weight is 245 g/mol. The van der Waals surface area contributed by atoms with Crippen molar-refractivity contribution in [3.8, 4) is 0 Å². The minimum absolute atomic E-state index is 0.315. The van der Waals surface area contributed by atoms with E-state index in [1.54, 1.807) is 0 Å². The zero-order chi connectivity index (χ0) is 12.6. The maximum atomic E-state index is 5.98. The second kappa shape index (κ2) is 4.41. The molecule has 0 bridgehead atoms. The van der Waals surface area contributed by atoms with Crippen molar-refractivity contribution < 1.29 is 9.15 Å². The summed E-state index contributed by atoms with van der Waals surface area (Å²) >= 11 is 0. The summed E-state index contributed by atoms with van der Waals surface area (Å²) in [4.78, 5) is 0. The molecule has 3 nitrogen and oxygen atoms in total. The van der Waals surface area contributed by atoms with E-state index in [1.807, 2.05) is 25.2 Å². The van der Waals surface area contributed by atoms with E-state index in [-0.39, 0.29) is 5.60 Å². The molecule has 2 atom stereocenters. The molecule has 1 aliphatic rings. The minimum atomic E-state index is -0.315. The molecule has 1 N–H and O–H groups in total. The van der Waals surface area contributed by atoms with E-state index in [2.05, 4.69) is 24.4 Å². The van der Waals surface area contributed by atoms with Crippen molar-refractivity contribution in [3.63, 3.8) is 0 Å². The van der Waals surface area contributed by atoms with Gasteiger partial charge in [0.25, 0.3) is 0 Å². The monoisotopic (exact) mass is 245 g/mol. The Labute approximate surface area is 107 Å². The zero-order valence-corrected chi connectivity index (χ0v) is 10.9. The summed E-state index contributed by atoms with van der Waals surface area (Å²) in [5.74, 6) is 0.934. The molecule has 1 fully saturated rings. The van der Waals surface area contributed by atoms with E-state index < -0.39 is 0 Å². The van der Waals surface area contributed by atoms with Crippen LogP contribution in [0.4, 0.5) is 0 Å². The molecular formula is C15H19NO2. The number of para-hydroxylation sites is 1. The Balaban J connectivity index is 1.96. The highest BCUT2D eigenvalue weighted by Gasteiger charge is 2.37. The van der Waals surface area contributed by atoms with Gasteiger partial charge in [-0.15, -0.1) is 0 Å². The summed E-state index contributed by atoms with van der Waals surface area (Å²) in [5, 5.41) is 4.48. The van der Waals surface area contributed by atoms with Crippen molar-refractivity contribution in [1.29, 1.82) is 0 Å². The molecule has 2 aromatic rings. The van der Waals surface area contributed by atoms with Gasteiger partial charge in [-0.3, -0.25) is 0 Å². The minimum Gasteiger partial charge on any atom is -0.458 e. The number of hydrogen-bond donors (Lipinski definition) is 1. The Morgan fingerprint density at radius 2 is 2.17 bits per heavy atom. The van der Waals surface area contributed by atoms with E-state index >= 15 is 0 Å². The lowest BCUT2D eigenvalue weighted by Crippen LogP contribution is -2.42. The highest BCUT2D eigenvalue weighted by atomic mass is 16.5. The molecule has 2 unspecified atom stereocenters. The number of ether oxygens (including phenoxy) is 1. The second-order valence-electron chi connectivity index (χ2n) is 5.21. The zero-order valence-electron chi connectivity index (χ0n) is 10.9. The van der Waals surface area contributed by atoms with Gasteiger partial charge in [-0.25, -0.2) is 0 Å². The Bertz CT molecular complexity index is 515. The number of hydrogen-bond acceptors (Lipinski definition) is 3. The first kappa shape index (κ1) is 11.8. The Hall–Kier alpha value is -1.32. The maximum absolute atomic E-state index is 5.98. The first-order valence-corrected chi connectivity index (χ1v) is 6.51. The molecule has 0 saturated carbocycles. The smallest absolute Gasteiger partial charge is 0.136 e. The average Bonchev–Trinajstić information content (AvgIpc) is 2.83. The van der Waals surface area contributed by atoms with Gasteiger partial charge >= 0.3 is 0 Å². The first-order chi connectivity index (χ1) is 8.71. The normalized spacial score (nSPS) is 28.7. The summed E-state index contributed by atoms with van der Waals surface area (Å²) in [5.41, 5.74) is 0.620. The third kappa shape index (κ3) is 1.93. The lowest BCUT2D eigenvalue weighted by Gasteiger charge is -2.36. The van der Waals surface area contributed by atoms with Crippen LogP contribution in [-0.2, 0) is 10.3 Å². The number of benzene rings is 1. The highest BCUT2D eigenvalue weighted by Crippen LogP contribution is 2.37. The van der Waals surface area contributed by atoms with Gasteiger partial charge in [-0.05, 0) is 38.9 Å². The Morgan fingerprint density at radius 1 is 1.33 bits per heavy atom. The lowest BCUT2D eigenvalue weighted by molar-refractivity contribution is -0.0921. The van der Waals surface area contributed by atoms with Crippen LogP contribution in [0.15, 0.2) is 34.7 Å². The van der Waals surface area contributed by atoms with Crippen LogP contribution < -0.4 is 5.32 Å². The van der Waals surface area contributed by atoms with Gasteiger partial charge in [0.1, 0.15) is 16.9 Å². The van der Waals surface area contributed by atoms with E-state index in [1.165, 1.54) is 0 Å². The van der Waals surface area contributed by atoms with Crippen LogP contribution in [0.25, 0.3) is 11.0 Å². The quantitative estimate of drug-likeness (QED) is 0.883. The van der Waals surface area contributed by atoms with Crippen LogP contribution in [0.5, 0.6) is 0 Å². The maximum Gasteiger partial charge on any atom is 0.136 e. The molecule has 3 rings (SSSR count). The van der Waals surface area contributed by atoms with Crippen molar-refractivity contribution in [3.05, 3.63) is 36.1 Å². The van der Waals surface area contributed by atoms with Crippen LogP contribution in [0, 0.1) is 0 Å². The van der Waals surface area contributed by atoms with Crippen LogP contribution in [0.2, 0.25) is 0 Å². The predicted octanol–water partition coefficient (Wildman–Crippen LogP) is 3.05. The molecule has 1 aromatic carbocycles. The summed E-state index contributed by atoms with van der Waals surface area (Å²) < 4.78 is 11.9. The van der Waals surface area contributed by atoms with Crippen LogP contribution in [0.1, 0.15) is 25.5 Å². The molecular weight excluding hydrogens is 226 g/mol. The fourth-order valence-electron chi connectivity index (χ4n) is 2.72. The van der Waals surface area contributed by atoms with Gasteiger partial charge in [-0.1, -0.05) is 18.2 Å². The fourth-order valence-corrected chi connectivity index (χ4v) is 2.72. The van der Waals surface area contributed by atoms with Crippen LogP contribution in [0.3, 0.4) is 0 Å². The van der Waals surface area contributed by atoms with E-state index in [0.29, 0.717) is 6.04 Å². The summed E-state index contributed by atoms with van der Waals surface area (Å²) in [6.45, 7) is 2.90. The largest absolute Gasteiger partial charge is 0.458 e. The Morgan fingerprint density at radius 3 is 2.94 bits per heavy atom. The molecule has 18 heavy (non-hydrogen) atoms. The van der Waals surface area contributed by atoms with Gasteiger partial charge in [0.05, 0.1) is 0 Å². The standard InChI is InChI=1S/C15H19NO2/c1-15(10-12(16-2)7-8-17-15)14-9-11-5-3-4-6-13(11)18-14/h3-6,9,12,16H,7-8,10H2,1-2H3. The van der Waals surface area contributed by atoms with E-state index in [4.69, 9.17) is 9.15 Å². The van der Waals surface area contributed by atoms with Crippen molar-refractivity contribution in [2.75, 3.05) is 13.7 Å². The molecule has 2 heterocycles. The van der Waals surface area contributed by atoms with E-state index in [0.717, 1.165) is 36.2 Å². The number of rotatable bonds is 2. The lowest BCUT2D eigenvalue weighted by atomic mass is 9.90. The van der Waals surface area contributed by atoms with Gasteiger partial charge in [-0.2, -0.15) is 0 Å². The highest BCUT2D eigenvalue weighted by molar-refractivity contribution is 5.77. The van der Waals surface area contributed by atoms with Crippen molar-refractivity contribution in [1.82, 2.24) is 5.32 Å². The first-order valence-electron chi connectivity index (χ1n) is 6.51. The molecule has 1 aliphatic heterocycles. The number of fused-ring (bicyclic) bond motifs is 1. The van der Waals surface area contributed by atoms with Gasteiger partial charge in [0.2, 0.25) is 0 Å². The molecule has 3 heteroatoms. The molecule has 96 valence electrons. The topological polar surface area (TPSA) is 34.4 Å².